The molecule has 1 saturated heterocycles. The lowest BCUT2D eigenvalue weighted by atomic mass is 10.1. The summed E-state index contributed by atoms with van der Waals surface area (Å²) < 4.78 is 25.0. The zero-order valence-electron chi connectivity index (χ0n) is 18.9. The fourth-order valence-electron chi connectivity index (χ4n) is 3.26. The van der Waals surface area contributed by atoms with Crippen molar-refractivity contribution in [3.8, 4) is 11.5 Å². The maximum atomic E-state index is 13.9. The van der Waals surface area contributed by atoms with Gasteiger partial charge in [0.2, 0.25) is 0 Å². The summed E-state index contributed by atoms with van der Waals surface area (Å²) in [4.78, 5) is 30.1. The van der Waals surface area contributed by atoms with E-state index in [1.54, 1.807) is 61.7 Å². The van der Waals surface area contributed by atoms with Gasteiger partial charge in [-0.05, 0) is 65.9 Å². The van der Waals surface area contributed by atoms with Gasteiger partial charge >= 0.3 is 5.97 Å². The predicted molar refractivity (Wildman–Crippen MR) is 133 cm³/mol. The number of hydrogen-bond acceptors (Lipinski definition) is 6. The molecular weight excluding hydrogens is 471 g/mol. The third kappa shape index (κ3) is 5.52. The zero-order chi connectivity index (χ0) is 24.9. The van der Waals surface area contributed by atoms with E-state index in [1.807, 2.05) is 0 Å². The number of amidine groups is 1. The molecule has 0 bridgehead atoms. The van der Waals surface area contributed by atoms with Crippen LogP contribution in [-0.2, 0) is 11.4 Å². The summed E-state index contributed by atoms with van der Waals surface area (Å²) in [6, 6.07) is 17.7. The molecule has 0 saturated carbocycles. The second-order valence-corrected chi connectivity index (χ2v) is 8.52. The van der Waals surface area contributed by atoms with Crippen molar-refractivity contribution < 1.29 is 28.6 Å². The molecule has 178 valence electrons. The number of methoxy groups -OCH3 is 1. The lowest BCUT2D eigenvalue weighted by Crippen LogP contribution is -2.23. The predicted octanol–water partition coefficient (Wildman–Crippen LogP) is 5.35. The summed E-state index contributed by atoms with van der Waals surface area (Å²) in [7, 11) is 3.13. The molecule has 1 aliphatic rings. The quantitative estimate of drug-likeness (QED) is 0.448. The van der Waals surface area contributed by atoms with E-state index in [0.717, 1.165) is 5.56 Å². The lowest BCUT2D eigenvalue weighted by Gasteiger charge is -2.12. The van der Waals surface area contributed by atoms with Crippen molar-refractivity contribution in [2.75, 3.05) is 14.2 Å². The van der Waals surface area contributed by atoms with Gasteiger partial charge in [-0.1, -0.05) is 24.3 Å². The first-order valence-electron chi connectivity index (χ1n) is 10.5. The molecule has 3 aromatic carbocycles. The van der Waals surface area contributed by atoms with Crippen LogP contribution in [0.2, 0.25) is 0 Å². The molecule has 0 atom stereocenters. The summed E-state index contributed by atoms with van der Waals surface area (Å²) in [5, 5.41) is 9.50. The molecule has 0 aliphatic carbocycles. The van der Waals surface area contributed by atoms with Crippen molar-refractivity contribution in [2.45, 2.75) is 6.61 Å². The maximum Gasteiger partial charge on any atom is 0.335 e. The zero-order valence-corrected chi connectivity index (χ0v) is 19.7. The van der Waals surface area contributed by atoms with Crippen molar-refractivity contribution in [3.63, 3.8) is 0 Å². The molecule has 0 aromatic heterocycles. The van der Waals surface area contributed by atoms with Gasteiger partial charge in [0.15, 0.2) is 16.7 Å². The number of benzene rings is 3. The fraction of sp³-hybridized carbons (Fsp3) is 0.115. The first kappa shape index (κ1) is 24.0. The maximum absolute atomic E-state index is 13.9. The first-order chi connectivity index (χ1) is 16.9. The number of carboxylic acid groups (broad SMARTS) is 1. The van der Waals surface area contributed by atoms with E-state index in [4.69, 9.17) is 14.6 Å². The largest absolute Gasteiger partial charge is 0.493 e. The van der Waals surface area contributed by atoms with Gasteiger partial charge in [0.25, 0.3) is 5.91 Å². The molecule has 0 radical (unpaired) electrons. The Morgan fingerprint density at radius 1 is 1.11 bits per heavy atom. The Bertz CT molecular complexity index is 1340. The number of carboxylic acids is 1. The number of nitrogens with zero attached hydrogens (tertiary/aromatic N) is 2. The van der Waals surface area contributed by atoms with Gasteiger partial charge in [0.1, 0.15) is 12.4 Å². The number of amides is 1. The van der Waals surface area contributed by atoms with Crippen LogP contribution in [0.1, 0.15) is 21.5 Å². The summed E-state index contributed by atoms with van der Waals surface area (Å²) in [5.41, 5.74) is 1.85. The second-order valence-electron chi connectivity index (χ2n) is 7.51. The summed E-state index contributed by atoms with van der Waals surface area (Å²) in [5.74, 6) is -0.672. The van der Waals surface area contributed by atoms with Gasteiger partial charge in [-0.2, -0.15) is 0 Å². The van der Waals surface area contributed by atoms with E-state index in [-0.39, 0.29) is 23.9 Å². The lowest BCUT2D eigenvalue weighted by molar-refractivity contribution is -0.121. The minimum atomic E-state index is -1.02. The Kier molecular flexibility index (Phi) is 7.17. The normalized spacial score (nSPS) is 15.6. The van der Waals surface area contributed by atoms with Crippen molar-refractivity contribution in [1.82, 2.24) is 4.90 Å². The van der Waals surface area contributed by atoms with Crippen LogP contribution >= 0.6 is 11.8 Å². The van der Waals surface area contributed by atoms with E-state index in [0.29, 0.717) is 32.8 Å². The molecule has 1 aliphatic heterocycles. The highest BCUT2D eigenvalue weighted by atomic mass is 32.2. The van der Waals surface area contributed by atoms with Crippen molar-refractivity contribution in [1.29, 1.82) is 0 Å². The summed E-state index contributed by atoms with van der Waals surface area (Å²) in [6.45, 7) is 0.0515. The topological polar surface area (TPSA) is 88.4 Å². The molecule has 1 amide bonds. The third-order valence-electron chi connectivity index (χ3n) is 5.17. The van der Waals surface area contributed by atoms with Crippen LogP contribution < -0.4 is 9.47 Å². The molecule has 0 unspecified atom stereocenters. The van der Waals surface area contributed by atoms with Crippen LogP contribution in [0, 0.1) is 5.82 Å². The molecule has 0 spiro atoms. The second kappa shape index (κ2) is 10.4. The number of hydrogen-bond donors (Lipinski definition) is 1. The Morgan fingerprint density at radius 3 is 2.54 bits per heavy atom. The molecule has 4 rings (SSSR count). The van der Waals surface area contributed by atoms with Crippen LogP contribution in [0.25, 0.3) is 6.08 Å². The SMILES string of the molecule is COc1cc(C=C2SC(=Nc3ccc(C(=O)O)cc3)N(C)C2=O)ccc1OCc1ccccc1F. The van der Waals surface area contributed by atoms with Gasteiger partial charge in [0, 0.05) is 12.6 Å². The molecule has 3 aromatic rings. The van der Waals surface area contributed by atoms with Gasteiger partial charge in [-0.15, -0.1) is 0 Å². The van der Waals surface area contributed by atoms with E-state index >= 15 is 0 Å². The Balaban J connectivity index is 1.52. The monoisotopic (exact) mass is 492 g/mol. The van der Waals surface area contributed by atoms with E-state index < -0.39 is 5.97 Å². The Morgan fingerprint density at radius 2 is 1.86 bits per heavy atom. The fourth-order valence-corrected chi connectivity index (χ4v) is 4.24. The summed E-state index contributed by atoms with van der Waals surface area (Å²) in [6.07, 6.45) is 1.72. The van der Waals surface area contributed by atoms with E-state index in [9.17, 15) is 14.0 Å². The number of carbonyl (C=O) groups is 2. The highest BCUT2D eigenvalue weighted by Gasteiger charge is 2.30. The highest BCUT2D eigenvalue weighted by Crippen LogP contribution is 2.35. The number of halogens is 1. The van der Waals surface area contributed by atoms with Crippen LogP contribution in [-0.4, -0.2) is 41.2 Å². The molecular formula is C26H21FN2O5S. The molecule has 1 N–H and O–H groups in total. The average Bonchev–Trinajstić information content (AvgIpc) is 3.11. The van der Waals surface area contributed by atoms with Crippen LogP contribution in [0.15, 0.2) is 76.6 Å². The van der Waals surface area contributed by atoms with Crippen molar-refractivity contribution in [2.24, 2.45) is 4.99 Å². The number of rotatable bonds is 7. The number of thioether (sulfide) groups is 1. The van der Waals surface area contributed by atoms with Gasteiger partial charge in [-0.25, -0.2) is 14.2 Å². The molecule has 7 nitrogen and oxygen atoms in total. The average molecular weight is 493 g/mol. The number of aromatic carboxylic acids is 1. The third-order valence-corrected chi connectivity index (χ3v) is 6.23. The molecule has 1 fully saturated rings. The van der Waals surface area contributed by atoms with Crippen LogP contribution in [0.3, 0.4) is 0 Å². The van der Waals surface area contributed by atoms with Gasteiger partial charge in [0.05, 0.1) is 23.3 Å². The number of likely N-dealkylation sites (N-methyl/N-ethyl adjacent to an activating group) is 1. The molecule has 9 heteroatoms. The smallest absolute Gasteiger partial charge is 0.335 e. The Hall–Kier alpha value is -4.11. The summed E-state index contributed by atoms with van der Waals surface area (Å²) >= 11 is 1.21. The van der Waals surface area contributed by atoms with Crippen LogP contribution in [0.5, 0.6) is 11.5 Å². The Labute approximate surface area is 205 Å². The number of carbonyl (C=O) groups excluding carboxylic acids is 1. The number of ether oxygens (including phenoxy) is 2. The molecule has 1 heterocycles. The van der Waals surface area contributed by atoms with Crippen molar-refractivity contribution in [3.05, 3.63) is 94.1 Å². The first-order valence-corrected chi connectivity index (χ1v) is 11.3. The van der Waals surface area contributed by atoms with E-state index in [1.165, 1.54) is 42.0 Å². The molecule has 35 heavy (non-hydrogen) atoms. The minimum absolute atomic E-state index is 0.0515. The van der Waals surface area contributed by atoms with Crippen LogP contribution in [0.4, 0.5) is 10.1 Å². The standard InChI is InChI=1S/C26H21FN2O5S/c1-29-24(30)23(35-26(29)28-19-10-8-17(9-11-19)25(31)32)14-16-7-12-21(22(13-16)33-2)34-15-18-5-3-4-6-20(18)27/h3-14H,15H2,1-2H3,(H,31,32). The minimum Gasteiger partial charge on any atom is -0.493 e. The van der Waals surface area contributed by atoms with Crippen molar-refractivity contribution >= 4 is 40.6 Å². The van der Waals surface area contributed by atoms with Gasteiger partial charge < -0.3 is 14.6 Å². The highest BCUT2D eigenvalue weighted by molar-refractivity contribution is 8.18. The number of aliphatic imine (C=N–C) groups is 1. The van der Waals surface area contributed by atoms with E-state index in [2.05, 4.69) is 4.99 Å². The van der Waals surface area contributed by atoms with Gasteiger partial charge in [-0.3, -0.25) is 9.69 Å².